The van der Waals surface area contributed by atoms with Gasteiger partial charge in [0.1, 0.15) is 6.54 Å². The van der Waals surface area contributed by atoms with Crippen molar-refractivity contribution >= 4 is 27.6 Å². The molecule has 11 heteroatoms. The van der Waals surface area contributed by atoms with Gasteiger partial charge in [-0.1, -0.05) is 18.2 Å². The second-order valence-corrected chi connectivity index (χ2v) is 9.27. The molecule has 33 heavy (non-hydrogen) atoms. The lowest BCUT2D eigenvalue weighted by Crippen LogP contribution is -2.41. The first-order valence-electron chi connectivity index (χ1n) is 10.1. The van der Waals surface area contributed by atoms with Gasteiger partial charge in [-0.15, -0.1) is 0 Å². The lowest BCUT2D eigenvalue weighted by Gasteiger charge is -2.30. The van der Waals surface area contributed by atoms with Crippen LogP contribution in [0.4, 0.5) is 14.5 Å². The van der Waals surface area contributed by atoms with Gasteiger partial charge < -0.3 is 4.74 Å². The number of halogens is 2. The molecule has 2 aromatic rings. The standard InChI is InChI=1S/C22H21F2N3O5S/c23-19-7-6-18(14-20(19)24)33(30,31)26-11-8-16(9-12-26)22(29)32-15-21(28)27(13-10-25)17-4-2-1-3-5-17/h1-7,14,16H,8-9,11-13,15H2. The number of rotatable bonds is 7. The Labute approximate surface area is 190 Å². The number of carbonyl (C=O) groups excluding carboxylic acids is 2. The van der Waals surface area contributed by atoms with Crippen molar-refractivity contribution < 1.29 is 31.5 Å². The third-order valence-electron chi connectivity index (χ3n) is 5.25. The highest BCUT2D eigenvalue weighted by Crippen LogP contribution is 2.25. The normalized spacial score (nSPS) is 14.9. The molecule has 1 aliphatic rings. The summed E-state index contributed by atoms with van der Waals surface area (Å²) in [5.74, 6) is -4.23. The summed E-state index contributed by atoms with van der Waals surface area (Å²) in [6.45, 7) is -0.789. The largest absolute Gasteiger partial charge is 0.455 e. The van der Waals surface area contributed by atoms with E-state index < -0.39 is 46.1 Å². The quantitative estimate of drug-likeness (QED) is 0.448. The van der Waals surface area contributed by atoms with Gasteiger partial charge in [0.2, 0.25) is 10.0 Å². The molecule has 0 unspecified atom stereocenters. The smallest absolute Gasteiger partial charge is 0.309 e. The van der Waals surface area contributed by atoms with Crippen LogP contribution in [0.3, 0.4) is 0 Å². The minimum absolute atomic E-state index is 0.0143. The van der Waals surface area contributed by atoms with Crippen LogP contribution >= 0.6 is 0 Å². The van der Waals surface area contributed by atoms with Crippen LogP contribution in [0.25, 0.3) is 0 Å². The van der Waals surface area contributed by atoms with E-state index in [1.54, 1.807) is 30.3 Å². The van der Waals surface area contributed by atoms with E-state index >= 15 is 0 Å². The average molecular weight is 477 g/mol. The first kappa shape index (κ1) is 24.3. The van der Waals surface area contributed by atoms with Crippen molar-refractivity contribution in [2.24, 2.45) is 5.92 Å². The molecule has 0 bridgehead atoms. The number of ether oxygens (including phenoxy) is 1. The first-order valence-corrected chi connectivity index (χ1v) is 11.5. The zero-order valence-corrected chi connectivity index (χ0v) is 18.3. The van der Waals surface area contributed by atoms with Crippen LogP contribution < -0.4 is 4.90 Å². The van der Waals surface area contributed by atoms with Crippen molar-refractivity contribution in [3.05, 3.63) is 60.2 Å². The Morgan fingerprint density at radius 1 is 1.09 bits per heavy atom. The molecule has 0 radical (unpaired) electrons. The van der Waals surface area contributed by atoms with Gasteiger partial charge in [-0.25, -0.2) is 17.2 Å². The molecule has 1 aliphatic heterocycles. The molecule has 1 heterocycles. The van der Waals surface area contributed by atoms with Crippen LogP contribution in [0.5, 0.6) is 0 Å². The number of esters is 1. The zero-order chi connectivity index (χ0) is 24.0. The molecule has 2 aromatic carbocycles. The fourth-order valence-corrected chi connectivity index (χ4v) is 4.93. The van der Waals surface area contributed by atoms with Gasteiger partial charge >= 0.3 is 5.97 Å². The predicted molar refractivity (Wildman–Crippen MR) is 113 cm³/mol. The number of nitriles is 1. The van der Waals surface area contributed by atoms with Crippen LogP contribution in [-0.2, 0) is 24.3 Å². The number of nitrogens with zero attached hydrogens (tertiary/aromatic N) is 3. The van der Waals surface area contributed by atoms with Crippen LogP contribution in [0, 0.1) is 28.9 Å². The Balaban J connectivity index is 1.55. The van der Waals surface area contributed by atoms with Crippen LogP contribution in [-0.4, -0.2) is 50.8 Å². The van der Waals surface area contributed by atoms with Gasteiger partial charge in [-0.05, 0) is 43.2 Å². The maximum atomic E-state index is 13.4. The van der Waals surface area contributed by atoms with E-state index in [0.717, 1.165) is 16.4 Å². The third-order valence-corrected chi connectivity index (χ3v) is 7.15. The Morgan fingerprint density at radius 2 is 1.76 bits per heavy atom. The van der Waals surface area contributed by atoms with Crippen molar-refractivity contribution in [1.82, 2.24) is 4.31 Å². The van der Waals surface area contributed by atoms with E-state index in [9.17, 15) is 26.8 Å². The highest BCUT2D eigenvalue weighted by Gasteiger charge is 2.33. The highest BCUT2D eigenvalue weighted by atomic mass is 32.2. The minimum atomic E-state index is -4.04. The van der Waals surface area contributed by atoms with Gasteiger partial charge in [0.05, 0.1) is 16.9 Å². The molecule has 0 atom stereocenters. The molecule has 174 valence electrons. The van der Waals surface area contributed by atoms with Crippen molar-refractivity contribution in [3.63, 3.8) is 0 Å². The Morgan fingerprint density at radius 3 is 2.36 bits per heavy atom. The molecule has 0 saturated carbocycles. The summed E-state index contributed by atoms with van der Waals surface area (Å²) < 4.78 is 58.1. The second-order valence-electron chi connectivity index (χ2n) is 7.34. The molecule has 0 N–H and O–H groups in total. The summed E-state index contributed by atoms with van der Waals surface area (Å²) in [5.41, 5.74) is 0.496. The molecular weight excluding hydrogens is 456 g/mol. The van der Waals surface area contributed by atoms with Gasteiger partial charge in [-0.3, -0.25) is 14.5 Å². The predicted octanol–water partition coefficient (Wildman–Crippen LogP) is 2.47. The van der Waals surface area contributed by atoms with Gasteiger partial charge in [0.25, 0.3) is 5.91 Å². The zero-order valence-electron chi connectivity index (χ0n) is 17.5. The van der Waals surface area contributed by atoms with E-state index in [1.165, 1.54) is 4.90 Å². The Bertz CT molecular complexity index is 1160. The van der Waals surface area contributed by atoms with Crippen LogP contribution in [0.1, 0.15) is 12.8 Å². The highest BCUT2D eigenvalue weighted by molar-refractivity contribution is 7.89. The van der Waals surface area contributed by atoms with Crippen molar-refractivity contribution in [3.8, 4) is 6.07 Å². The molecule has 0 spiro atoms. The molecule has 0 aliphatic carbocycles. The lowest BCUT2D eigenvalue weighted by atomic mass is 9.98. The van der Waals surface area contributed by atoms with E-state index in [2.05, 4.69) is 0 Å². The molecule has 0 aromatic heterocycles. The number of hydrogen-bond donors (Lipinski definition) is 0. The number of anilines is 1. The van der Waals surface area contributed by atoms with Gasteiger partial charge in [-0.2, -0.15) is 9.57 Å². The van der Waals surface area contributed by atoms with Crippen LogP contribution in [0.15, 0.2) is 53.4 Å². The summed E-state index contributed by atoms with van der Waals surface area (Å²) >= 11 is 0. The average Bonchev–Trinajstić information content (AvgIpc) is 2.83. The summed E-state index contributed by atoms with van der Waals surface area (Å²) in [6.07, 6.45) is 0.299. The van der Waals surface area contributed by atoms with Crippen LogP contribution in [0.2, 0.25) is 0 Å². The topological polar surface area (TPSA) is 108 Å². The molecular formula is C22H21F2N3O5S. The van der Waals surface area contributed by atoms with E-state index in [-0.39, 0.29) is 37.4 Å². The van der Waals surface area contributed by atoms with Crippen molar-refractivity contribution in [2.45, 2.75) is 17.7 Å². The SMILES string of the molecule is N#CCN(C(=O)COC(=O)C1CCN(S(=O)(=O)c2ccc(F)c(F)c2)CC1)c1ccccc1. The molecule has 8 nitrogen and oxygen atoms in total. The fourth-order valence-electron chi connectivity index (χ4n) is 3.45. The number of carbonyl (C=O) groups is 2. The number of amides is 1. The maximum absolute atomic E-state index is 13.4. The number of sulfonamides is 1. The van der Waals surface area contributed by atoms with Gasteiger partial charge in [0.15, 0.2) is 18.2 Å². The van der Waals surface area contributed by atoms with Crippen molar-refractivity contribution in [2.75, 3.05) is 31.1 Å². The first-order chi connectivity index (χ1) is 15.7. The summed E-state index contributed by atoms with van der Waals surface area (Å²) in [7, 11) is -4.04. The summed E-state index contributed by atoms with van der Waals surface area (Å²) in [4.78, 5) is 25.7. The second kappa shape index (κ2) is 10.5. The number of para-hydroxylation sites is 1. The van der Waals surface area contributed by atoms with E-state index in [4.69, 9.17) is 10.00 Å². The summed E-state index contributed by atoms with van der Waals surface area (Å²) in [6, 6.07) is 12.7. The molecule has 1 fully saturated rings. The number of hydrogen-bond acceptors (Lipinski definition) is 6. The fraction of sp³-hybridized carbons (Fsp3) is 0.318. The monoisotopic (exact) mass is 477 g/mol. The van der Waals surface area contributed by atoms with E-state index in [1.807, 2.05) is 6.07 Å². The molecule has 3 rings (SSSR count). The van der Waals surface area contributed by atoms with Crippen molar-refractivity contribution in [1.29, 1.82) is 5.26 Å². The van der Waals surface area contributed by atoms with E-state index in [0.29, 0.717) is 11.8 Å². The van der Waals surface area contributed by atoms with Gasteiger partial charge in [0, 0.05) is 18.8 Å². The number of benzene rings is 2. The molecule has 1 saturated heterocycles. The maximum Gasteiger partial charge on any atom is 0.309 e. The summed E-state index contributed by atoms with van der Waals surface area (Å²) in [5, 5.41) is 8.99. The number of piperidine rings is 1. The Hall–Kier alpha value is -3.36. The third kappa shape index (κ3) is 5.71. The molecule has 1 amide bonds. The Kier molecular flexibility index (Phi) is 7.73. The lowest BCUT2D eigenvalue weighted by molar-refractivity contribution is -0.153. The minimum Gasteiger partial charge on any atom is -0.455 e.